The molecule has 0 spiro atoms. The second-order valence-electron chi connectivity index (χ2n) is 5.41. The minimum Gasteiger partial charge on any atom is -0.465 e. The normalized spacial score (nSPS) is 24.5. The second kappa shape index (κ2) is 6.89. The number of esters is 1. The number of carbonyl (C=O) groups excluding carboxylic acids is 2. The van der Waals surface area contributed by atoms with Crippen LogP contribution in [0.3, 0.4) is 0 Å². The van der Waals surface area contributed by atoms with Crippen LogP contribution in [-0.4, -0.2) is 61.0 Å². The van der Waals surface area contributed by atoms with E-state index in [4.69, 9.17) is 4.74 Å². The number of amides is 1. The highest BCUT2D eigenvalue weighted by Crippen LogP contribution is 2.21. The Hall–Kier alpha value is -1.10. The second-order valence-corrected chi connectivity index (χ2v) is 5.41. The molecule has 0 aromatic rings. The minimum atomic E-state index is -0.184. The molecule has 0 aromatic heterocycles. The average molecular weight is 268 g/mol. The van der Waals surface area contributed by atoms with Gasteiger partial charge in [0.25, 0.3) is 0 Å². The van der Waals surface area contributed by atoms with E-state index in [1.54, 1.807) is 0 Å². The highest BCUT2D eigenvalue weighted by Gasteiger charge is 2.31. The van der Waals surface area contributed by atoms with E-state index in [1.165, 1.54) is 0 Å². The van der Waals surface area contributed by atoms with Crippen LogP contribution in [-0.2, 0) is 14.3 Å². The maximum Gasteiger partial charge on any atom is 0.320 e. The van der Waals surface area contributed by atoms with Gasteiger partial charge in [-0.2, -0.15) is 0 Å². The summed E-state index contributed by atoms with van der Waals surface area (Å²) in [5.74, 6) is 0.170. The first-order valence-corrected chi connectivity index (χ1v) is 7.37. The third kappa shape index (κ3) is 3.93. The molecule has 2 saturated heterocycles. The Kier molecular flexibility index (Phi) is 5.19. The van der Waals surface area contributed by atoms with E-state index in [0.717, 1.165) is 45.3 Å². The molecule has 0 bridgehead atoms. The molecule has 0 saturated carbocycles. The smallest absolute Gasteiger partial charge is 0.320 e. The summed E-state index contributed by atoms with van der Waals surface area (Å²) in [5.41, 5.74) is 0. The molecule has 1 amide bonds. The van der Waals surface area contributed by atoms with Gasteiger partial charge in [-0.25, -0.2) is 0 Å². The van der Waals surface area contributed by atoms with Gasteiger partial charge in [0.1, 0.15) is 0 Å². The highest BCUT2D eigenvalue weighted by atomic mass is 16.5. The summed E-state index contributed by atoms with van der Waals surface area (Å²) in [6.45, 7) is 5.96. The number of piperidine rings is 1. The molecule has 0 N–H and O–H groups in total. The molecule has 0 radical (unpaired) electrons. The maximum absolute atomic E-state index is 12.3. The van der Waals surface area contributed by atoms with Crippen molar-refractivity contribution in [2.75, 3.05) is 39.3 Å². The summed E-state index contributed by atoms with van der Waals surface area (Å²) in [5, 5.41) is 0. The number of hydrogen-bond donors (Lipinski definition) is 0. The first-order valence-electron chi connectivity index (χ1n) is 7.37. The summed E-state index contributed by atoms with van der Waals surface area (Å²) in [6, 6.07) is 0. The highest BCUT2D eigenvalue weighted by molar-refractivity contribution is 5.79. The number of hydrogen-bond acceptors (Lipinski definition) is 4. The zero-order valence-electron chi connectivity index (χ0n) is 11.8. The molecule has 2 aliphatic rings. The van der Waals surface area contributed by atoms with E-state index in [-0.39, 0.29) is 17.8 Å². The first kappa shape index (κ1) is 14.3. The van der Waals surface area contributed by atoms with Gasteiger partial charge < -0.3 is 9.64 Å². The van der Waals surface area contributed by atoms with Gasteiger partial charge in [0.05, 0.1) is 19.1 Å². The molecule has 5 nitrogen and oxygen atoms in total. The van der Waals surface area contributed by atoms with Crippen LogP contribution < -0.4 is 0 Å². The average Bonchev–Trinajstić information content (AvgIpc) is 2.92. The summed E-state index contributed by atoms with van der Waals surface area (Å²) < 4.78 is 4.96. The molecule has 2 heterocycles. The zero-order valence-corrected chi connectivity index (χ0v) is 11.8. The van der Waals surface area contributed by atoms with E-state index >= 15 is 0 Å². The molecule has 2 aliphatic heterocycles. The Balaban J connectivity index is 1.82. The van der Waals surface area contributed by atoms with Crippen molar-refractivity contribution < 1.29 is 14.3 Å². The number of rotatable bonds is 4. The predicted octanol–water partition coefficient (Wildman–Crippen LogP) is 0.884. The molecule has 108 valence electrons. The van der Waals surface area contributed by atoms with Crippen LogP contribution in [0.25, 0.3) is 0 Å². The van der Waals surface area contributed by atoms with Crippen LogP contribution in [0, 0.1) is 5.92 Å². The topological polar surface area (TPSA) is 49.9 Å². The third-order valence-corrected chi connectivity index (χ3v) is 3.93. The van der Waals surface area contributed by atoms with Gasteiger partial charge in [0.2, 0.25) is 5.91 Å². The SMILES string of the molecule is CCOC(=O)CN1CCC[C@H](C(=O)N2CCCC2)C1. The van der Waals surface area contributed by atoms with Crippen LogP contribution >= 0.6 is 0 Å². The number of carbonyl (C=O) groups is 2. The molecule has 5 heteroatoms. The van der Waals surface area contributed by atoms with Crippen molar-refractivity contribution >= 4 is 11.9 Å². The summed E-state index contributed by atoms with van der Waals surface area (Å²) >= 11 is 0. The Bertz CT molecular complexity index is 327. The Morgan fingerprint density at radius 2 is 1.89 bits per heavy atom. The van der Waals surface area contributed by atoms with Crippen molar-refractivity contribution in [3.63, 3.8) is 0 Å². The van der Waals surface area contributed by atoms with Gasteiger partial charge in [-0.05, 0) is 39.2 Å². The van der Waals surface area contributed by atoms with Gasteiger partial charge in [0, 0.05) is 19.6 Å². The monoisotopic (exact) mass is 268 g/mol. The van der Waals surface area contributed by atoms with E-state index in [2.05, 4.69) is 4.90 Å². The van der Waals surface area contributed by atoms with Crippen LogP contribution in [0.5, 0.6) is 0 Å². The summed E-state index contributed by atoms with van der Waals surface area (Å²) in [4.78, 5) is 27.9. The van der Waals surface area contributed by atoms with Crippen molar-refractivity contribution in [1.82, 2.24) is 9.80 Å². The van der Waals surface area contributed by atoms with Gasteiger partial charge in [-0.15, -0.1) is 0 Å². The van der Waals surface area contributed by atoms with E-state index in [9.17, 15) is 9.59 Å². The largest absolute Gasteiger partial charge is 0.465 e. The summed E-state index contributed by atoms with van der Waals surface area (Å²) in [6.07, 6.45) is 4.20. The molecule has 0 unspecified atom stereocenters. The van der Waals surface area contributed by atoms with Gasteiger partial charge >= 0.3 is 5.97 Å². The molecule has 0 aromatic carbocycles. The Morgan fingerprint density at radius 1 is 1.16 bits per heavy atom. The fourth-order valence-corrected chi connectivity index (χ4v) is 2.99. The Labute approximate surface area is 114 Å². The molecular weight excluding hydrogens is 244 g/mol. The zero-order chi connectivity index (χ0) is 13.7. The van der Waals surface area contributed by atoms with E-state index in [0.29, 0.717) is 19.7 Å². The molecular formula is C14H24N2O3. The first-order chi connectivity index (χ1) is 9.20. The number of nitrogens with zero attached hydrogens (tertiary/aromatic N) is 2. The maximum atomic E-state index is 12.3. The molecule has 19 heavy (non-hydrogen) atoms. The quantitative estimate of drug-likeness (QED) is 0.710. The molecule has 1 atom stereocenters. The van der Waals surface area contributed by atoms with E-state index in [1.807, 2.05) is 11.8 Å². The number of ether oxygens (including phenoxy) is 1. The van der Waals surface area contributed by atoms with Crippen molar-refractivity contribution in [1.29, 1.82) is 0 Å². The summed E-state index contributed by atoms with van der Waals surface area (Å²) in [7, 11) is 0. The van der Waals surface area contributed by atoms with Crippen molar-refractivity contribution in [3.05, 3.63) is 0 Å². The van der Waals surface area contributed by atoms with E-state index < -0.39 is 0 Å². The van der Waals surface area contributed by atoms with Crippen LogP contribution in [0.1, 0.15) is 32.6 Å². The third-order valence-electron chi connectivity index (χ3n) is 3.93. The lowest BCUT2D eigenvalue weighted by molar-refractivity contribution is -0.146. The molecule has 2 rings (SSSR count). The van der Waals surface area contributed by atoms with Gasteiger partial charge in [0.15, 0.2) is 0 Å². The lowest BCUT2D eigenvalue weighted by atomic mass is 9.96. The van der Waals surface area contributed by atoms with Crippen molar-refractivity contribution in [3.8, 4) is 0 Å². The minimum absolute atomic E-state index is 0.0706. The number of likely N-dealkylation sites (tertiary alicyclic amines) is 2. The van der Waals surface area contributed by atoms with Crippen LogP contribution in [0.4, 0.5) is 0 Å². The van der Waals surface area contributed by atoms with Gasteiger partial charge in [-0.3, -0.25) is 14.5 Å². The fraction of sp³-hybridized carbons (Fsp3) is 0.857. The lowest BCUT2D eigenvalue weighted by Gasteiger charge is -2.33. The van der Waals surface area contributed by atoms with Crippen molar-refractivity contribution in [2.45, 2.75) is 32.6 Å². The van der Waals surface area contributed by atoms with Crippen molar-refractivity contribution in [2.24, 2.45) is 5.92 Å². The molecule has 0 aliphatic carbocycles. The van der Waals surface area contributed by atoms with Crippen LogP contribution in [0.15, 0.2) is 0 Å². The standard InChI is InChI=1S/C14H24N2O3/c1-2-19-13(17)11-15-7-5-6-12(10-15)14(18)16-8-3-4-9-16/h12H,2-11H2,1H3/t12-/m0/s1. The predicted molar refractivity (Wildman–Crippen MR) is 71.6 cm³/mol. The van der Waals surface area contributed by atoms with Crippen LogP contribution in [0.2, 0.25) is 0 Å². The lowest BCUT2D eigenvalue weighted by Crippen LogP contribution is -2.45. The Morgan fingerprint density at radius 3 is 2.58 bits per heavy atom. The molecule has 2 fully saturated rings. The van der Waals surface area contributed by atoms with Gasteiger partial charge in [-0.1, -0.05) is 0 Å². The fourth-order valence-electron chi connectivity index (χ4n) is 2.99.